The lowest BCUT2D eigenvalue weighted by Gasteiger charge is -2.59. The predicted molar refractivity (Wildman–Crippen MR) is 239 cm³/mol. The number of allylic oxidation sites excluding steroid dienone is 1. The fraction of sp³-hybridized carbons (Fsp3) is 0.400. The fourth-order valence-electron chi connectivity index (χ4n) is 9.46. The van der Waals surface area contributed by atoms with Crippen LogP contribution in [0.5, 0.6) is 17.2 Å². The molecule has 3 aliphatic rings. The first-order chi connectivity index (χ1) is 30.3. The Morgan fingerprint density at radius 3 is 2.37 bits per heavy atom. The van der Waals surface area contributed by atoms with Gasteiger partial charge in [0.15, 0.2) is 0 Å². The molecule has 4 aromatic rings. The number of hydrogen-bond donors (Lipinski definition) is 2. The first-order valence-electron chi connectivity index (χ1n) is 21.5. The lowest BCUT2D eigenvalue weighted by atomic mass is 9.55. The number of halogens is 1. The van der Waals surface area contributed by atoms with Crippen molar-refractivity contribution >= 4 is 23.6 Å². The molecule has 0 aromatic heterocycles. The van der Waals surface area contributed by atoms with Crippen molar-refractivity contribution in [2.75, 3.05) is 33.2 Å². The van der Waals surface area contributed by atoms with Crippen LogP contribution in [0.25, 0.3) is 0 Å². The highest BCUT2D eigenvalue weighted by atomic mass is 32.2. The van der Waals surface area contributed by atoms with Crippen LogP contribution < -0.4 is 9.47 Å². The highest BCUT2D eigenvalue weighted by Gasteiger charge is 2.65. The van der Waals surface area contributed by atoms with Gasteiger partial charge in [-0.1, -0.05) is 72.6 Å². The Morgan fingerprint density at radius 2 is 1.68 bits per heavy atom. The van der Waals surface area contributed by atoms with Crippen molar-refractivity contribution in [3.63, 3.8) is 0 Å². The molecule has 0 radical (unpaired) electrons. The predicted octanol–water partition coefficient (Wildman–Crippen LogP) is 10.4. The number of benzene rings is 4. The van der Waals surface area contributed by atoms with Crippen LogP contribution in [-0.2, 0) is 27.5 Å². The van der Waals surface area contributed by atoms with Gasteiger partial charge in [0.05, 0.1) is 25.3 Å². The van der Waals surface area contributed by atoms with Gasteiger partial charge in [-0.2, -0.15) is 0 Å². The summed E-state index contributed by atoms with van der Waals surface area (Å²) >= 11 is 1.66. The van der Waals surface area contributed by atoms with Crippen molar-refractivity contribution in [2.45, 2.75) is 80.7 Å². The summed E-state index contributed by atoms with van der Waals surface area (Å²) in [5.74, 6) is -0.653. The van der Waals surface area contributed by atoms with Gasteiger partial charge >= 0.3 is 6.09 Å². The number of ether oxygens (including phenoxy) is 4. The molecule has 10 nitrogen and oxygen atoms in total. The molecule has 1 amide bonds. The van der Waals surface area contributed by atoms with Gasteiger partial charge < -0.3 is 34.0 Å². The summed E-state index contributed by atoms with van der Waals surface area (Å²) in [7, 11) is 1.34. The SMILES string of the molecule is C=CCOC12Oc3ccc(Oc4ccc(SC)cc4)cc3C3C(CCCCO)C(CCCCO)C=C(C(=NOCc4ccccc4)CC1N(Cc1ccc(F)cc1)C(=O)OC)C32. The van der Waals surface area contributed by atoms with E-state index in [1.54, 1.807) is 34.9 Å². The molecule has 2 N–H and O–H groups in total. The Balaban J connectivity index is 1.44. The highest BCUT2D eigenvalue weighted by Crippen LogP contribution is 2.62. The van der Waals surface area contributed by atoms with E-state index in [-0.39, 0.29) is 63.0 Å². The summed E-state index contributed by atoms with van der Waals surface area (Å²) in [5, 5.41) is 24.8. The van der Waals surface area contributed by atoms with E-state index in [2.05, 4.69) is 18.7 Å². The molecule has 7 rings (SSSR count). The molecule has 1 aliphatic heterocycles. The molecule has 6 unspecified atom stereocenters. The Hall–Kier alpha value is -5.14. The largest absolute Gasteiger partial charge is 0.459 e. The smallest absolute Gasteiger partial charge is 0.410 e. The molecule has 12 heteroatoms. The molecule has 0 saturated heterocycles. The molecule has 4 aromatic carbocycles. The third-order valence-electron chi connectivity index (χ3n) is 12.2. The topological polar surface area (TPSA) is 119 Å². The molecular weight excluding hydrogens is 808 g/mol. The molecular formula is C50H57FN2O8S. The minimum absolute atomic E-state index is 0.0216. The van der Waals surface area contributed by atoms with Crippen molar-refractivity contribution < 1.29 is 43.2 Å². The maximum atomic E-state index is 14.2. The normalized spacial score (nSPS) is 23.0. The number of oxime groups is 1. The Morgan fingerprint density at radius 1 is 0.952 bits per heavy atom. The zero-order valence-electron chi connectivity index (χ0n) is 35.5. The van der Waals surface area contributed by atoms with Crippen LogP contribution in [0, 0.1) is 23.6 Å². The lowest BCUT2D eigenvalue weighted by molar-refractivity contribution is -0.256. The van der Waals surface area contributed by atoms with Gasteiger partial charge in [0.25, 0.3) is 0 Å². The van der Waals surface area contributed by atoms with E-state index < -0.39 is 23.8 Å². The van der Waals surface area contributed by atoms with Crippen molar-refractivity contribution in [3.8, 4) is 17.2 Å². The van der Waals surface area contributed by atoms with E-state index in [9.17, 15) is 19.4 Å². The van der Waals surface area contributed by atoms with Gasteiger partial charge in [-0.15, -0.1) is 18.3 Å². The molecule has 328 valence electrons. The van der Waals surface area contributed by atoms with E-state index in [1.165, 1.54) is 19.2 Å². The standard InChI is InChI=1S/C50H57FN2O8S/c1-4-28-58-50-46(53(49(56)57-2)32-34-16-18-37(51)19-17-34)31-44(52-59-33-35-12-6-5-7-13-35)42-29-36(14-8-10-26-54)41(15-9-11-27-55)47(48(42)50)43-30-39(22-25-45(43)61-50)60-38-20-23-40(62-3)24-21-38/h4-7,12-13,16-25,29-30,36,41,46-48,54-55H,1,8-11,14-15,26-28,31-33H2,2-3H3. The Kier molecular flexibility index (Phi) is 15.4. The van der Waals surface area contributed by atoms with E-state index in [1.807, 2.05) is 73.0 Å². The third-order valence-corrected chi connectivity index (χ3v) is 13.0. The van der Waals surface area contributed by atoms with E-state index in [4.69, 9.17) is 28.9 Å². The summed E-state index contributed by atoms with van der Waals surface area (Å²) in [4.78, 5) is 23.1. The second-order valence-electron chi connectivity index (χ2n) is 16.0. The number of carbonyl (C=O) groups is 1. The number of thioether (sulfide) groups is 1. The third kappa shape index (κ3) is 10.0. The Bertz CT molecular complexity index is 2170. The average molecular weight is 865 g/mol. The van der Waals surface area contributed by atoms with Gasteiger partial charge in [0.2, 0.25) is 5.79 Å². The number of aliphatic hydroxyl groups excluding tert-OH is 2. The number of unbranched alkanes of at least 4 members (excludes halogenated alkanes) is 2. The summed E-state index contributed by atoms with van der Waals surface area (Å²) in [6, 6.07) is 28.9. The Labute approximate surface area is 368 Å². The molecule has 2 aliphatic carbocycles. The molecule has 62 heavy (non-hydrogen) atoms. The van der Waals surface area contributed by atoms with Crippen molar-refractivity contribution in [1.82, 2.24) is 4.90 Å². The van der Waals surface area contributed by atoms with Crippen LogP contribution in [0.2, 0.25) is 0 Å². The van der Waals surface area contributed by atoms with Crippen LogP contribution >= 0.6 is 11.8 Å². The lowest BCUT2D eigenvalue weighted by Crippen LogP contribution is -2.70. The first-order valence-corrected chi connectivity index (χ1v) is 22.7. The number of fused-ring (bicyclic) bond motifs is 2. The second-order valence-corrected chi connectivity index (χ2v) is 16.9. The van der Waals surface area contributed by atoms with Crippen LogP contribution in [0.4, 0.5) is 9.18 Å². The number of rotatable bonds is 20. The minimum atomic E-state index is -1.49. The number of hydrogen-bond acceptors (Lipinski definition) is 10. The van der Waals surface area contributed by atoms with Crippen molar-refractivity contribution in [1.29, 1.82) is 0 Å². The summed E-state index contributed by atoms with van der Waals surface area (Å²) in [5.41, 5.74) is 4.14. The van der Waals surface area contributed by atoms with Gasteiger partial charge in [0, 0.05) is 42.6 Å². The average Bonchev–Trinajstić information content (AvgIpc) is 3.30. The van der Waals surface area contributed by atoms with Crippen LogP contribution in [0.3, 0.4) is 0 Å². The highest BCUT2D eigenvalue weighted by molar-refractivity contribution is 7.98. The molecule has 1 heterocycles. The van der Waals surface area contributed by atoms with Gasteiger partial charge in [-0.25, -0.2) is 9.18 Å². The monoisotopic (exact) mass is 864 g/mol. The summed E-state index contributed by atoms with van der Waals surface area (Å²) < 4.78 is 40.6. The zero-order valence-corrected chi connectivity index (χ0v) is 36.3. The number of aliphatic hydroxyl groups is 2. The van der Waals surface area contributed by atoms with Crippen LogP contribution in [0.1, 0.15) is 67.6 Å². The fourth-order valence-corrected chi connectivity index (χ4v) is 9.86. The van der Waals surface area contributed by atoms with Crippen LogP contribution in [-0.4, -0.2) is 71.9 Å². The molecule has 0 bridgehead atoms. The van der Waals surface area contributed by atoms with Gasteiger partial charge in [-0.05, 0) is 115 Å². The molecule has 1 saturated carbocycles. The van der Waals surface area contributed by atoms with E-state index in [0.717, 1.165) is 47.3 Å². The maximum Gasteiger partial charge on any atom is 0.410 e. The molecule has 6 atom stereocenters. The quantitative estimate of drug-likeness (QED) is 0.0387. The van der Waals surface area contributed by atoms with Crippen LogP contribution in [0.15, 0.2) is 131 Å². The summed E-state index contributed by atoms with van der Waals surface area (Å²) in [6.45, 7) is 4.58. The maximum absolute atomic E-state index is 14.2. The van der Waals surface area contributed by atoms with Gasteiger partial charge in [0.1, 0.15) is 35.7 Å². The first kappa shape index (κ1) is 44.9. The van der Waals surface area contributed by atoms with Crippen molar-refractivity contribution in [2.24, 2.45) is 22.9 Å². The second kappa shape index (κ2) is 21.3. The van der Waals surface area contributed by atoms with E-state index >= 15 is 0 Å². The minimum Gasteiger partial charge on any atom is -0.459 e. The molecule has 1 fully saturated rings. The van der Waals surface area contributed by atoms with E-state index in [0.29, 0.717) is 41.4 Å². The summed E-state index contributed by atoms with van der Waals surface area (Å²) in [6.07, 6.45) is 10.1. The van der Waals surface area contributed by atoms with Gasteiger partial charge in [-0.3, -0.25) is 4.90 Å². The number of nitrogens with zero attached hydrogens (tertiary/aromatic N) is 2. The zero-order chi connectivity index (χ0) is 43.5. The van der Waals surface area contributed by atoms with Crippen molar-refractivity contribution in [3.05, 3.63) is 144 Å². The number of methoxy groups -OCH3 is 1. The molecule has 0 spiro atoms. The number of amides is 1. The number of carbonyl (C=O) groups excluding carboxylic acids is 1.